The average Bonchev–Trinajstić information content (AvgIpc) is 3.37. The Kier molecular flexibility index (Phi) is 3.84. The molecule has 9 heteroatoms. The molecule has 1 fully saturated rings. The maximum atomic E-state index is 13.5. The first kappa shape index (κ1) is 19.1. The Morgan fingerprint density at radius 3 is 2.75 bits per heavy atom. The van der Waals surface area contributed by atoms with Gasteiger partial charge < -0.3 is 10.6 Å². The Labute approximate surface area is 180 Å². The van der Waals surface area contributed by atoms with Gasteiger partial charge in [-0.3, -0.25) is 9.20 Å². The summed E-state index contributed by atoms with van der Waals surface area (Å²) in [5, 5.41) is 0. The number of aromatic nitrogens is 3. The summed E-state index contributed by atoms with van der Waals surface area (Å²) in [6.07, 6.45) is 0.169. The minimum atomic E-state index is -4.37. The van der Waals surface area contributed by atoms with Crippen molar-refractivity contribution in [2.75, 3.05) is 12.3 Å². The van der Waals surface area contributed by atoms with Crippen LogP contribution < -0.4 is 5.73 Å². The number of anilines is 1. The smallest absolute Gasteiger partial charge is 0.382 e. The van der Waals surface area contributed by atoms with Crippen molar-refractivity contribution < 1.29 is 18.0 Å². The van der Waals surface area contributed by atoms with E-state index in [1.54, 1.807) is 40.0 Å². The molecule has 2 aromatic heterocycles. The van der Waals surface area contributed by atoms with Crippen molar-refractivity contribution in [1.82, 2.24) is 19.3 Å². The number of fused-ring (bicyclic) bond motifs is 8. The molecule has 2 aromatic carbocycles. The van der Waals surface area contributed by atoms with E-state index in [2.05, 4.69) is 9.97 Å². The van der Waals surface area contributed by atoms with Crippen LogP contribution in [0, 0.1) is 0 Å². The Bertz CT molecular complexity index is 1410. The van der Waals surface area contributed by atoms with E-state index in [4.69, 9.17) is 5.73 Å². The highest BCUT2D eigenvalue weighted by Gasteiger charge is 2.42. The Balaban J connectivity index is 1.39. The average molecular weight is 437 g/mol. The number of likely N-dealkylation sites (tertiary alicyclic amines) is 1. The number of imidazole rings is 1. The van der Waals surface area contributed by atoms with Crippen molar-refractivity contribution in [3.05, 3.63) is 71.2 Å². The second kappa shape index (κ2) is 6.44. The fourth-order valence-electron chi connectivity index (χ4n) is 5.17. The zero-order valence-corrected chi connectivity index (χ0v) is 16.8. The second-order valence-electron chi connectivity index (χ2n) is 8.43. The maximum absolute atomic E-state index is 13.5. The third-order valence-corrected chi connectivity index (χ3v) is 6.70. The molecule has 2 aliphatic rings. The maximum Gasteiger partial charge on any atom is 0.416 e. The molecular formula is C23H18F3N5O. The van der Waals surface area contributed by atoms with Crippen LogP contribution in [-0.2, 0) is 6.18 Å². The molecule has 3 heterocycles. The monoisotopic (exact) mass is 437 g/mol. The number of hydrogen-bond donors (Lipinski definition) is 1. The molecule has 2 bridgehead atoms. The zero-order valence-electron chi connectivity index (χ0n) is 16.8. The summed E-state index contributed by atoms with van der Waals surface area (Å²) in [4.78, 5) is 23.8. The molecule has 1 saturated heterocycles. The topological polar surface area (TPSA) is 76.5 Å². The van der Waals surface area contributed by atoms with Gasteiger partial charge in [-0.25, -0.2) is 9.97 Å². The number of piperidine rings is 1. The summed E-state index contributed by atoms with van der Waals surface area (Å²) in [5.41, 5.74) is 9.42. The molecule has 2 unspecified atom stereocenters. The molecule has 6 rings (SSSR count). The lowest BCUT2D eigenvalue weighted by molar-refractivity contribution is -0.137. The number of rotatable bonds is 1. The van der Waals surface area contributed by atoms with Crippen molar-refractivity contribution in [3.8, 4) is 0 Å². The van der Waals surface area contributed by atoms with E-state index in [0.29, 0.717) is 47.3 Å². The van der Waals surface area contributed by atoms with Crippen molar-refractivity contribution in [1.29, 1.82) is 0 Å². The SMILES string of the molecule is Nc1nc2ccc(C(=O)N3CCC4CC3c3ccc(C(F)(F)F)cc34)cc2n2cncc12. The van der Waals surface area contributed by atoms with Crippen molar-refractivity contribution >= 4 is 28.3 Å². The highest BCUT2D eigenvalue weighted by molar-refractivity contribution is 5.98. The fourth-order valence-corrected chi connectivity index (χ4v) is 5.17. The van der Waals surface area contributed by atoms with E-state index in [1.807, 2.05) is 0 Å². The molecule has 4 aromatic rings. The third-order valence-electron chi connectivity index (χ3n) is 6.70. The van der Waals surface area contributed by atoms with Crippen LogP contribution in [0.1, 0.15) is 51.8 Å². The summed E-state index contributed by atoms with van der Waals surface area (Å²) in [7, 11) is 0. The van der Waals surface area contributed by atoms with E-state index in [1.165, 1.54) is 12.1 Å². The van der Waals surface area contributed by atoms with Crippen LogP contribution >= 0.6 is 0 Å². The van der Waals surface area contributed by atoms with Gasteiger partial charge >= 0.3 is 6.18 Å². The lowest BCUT2D eigenvalue weighted by atomic mass is 9.94. The largest absolute Gasteiger partial charge is 0.416 e. The number of carbonyl (C=O) groups excluding carboxylic acids is 1. The first-order valence-electron chi connectivity index (χ1n) is 10.3. The molecule has 0 spiro atoms. The van der Waals surface area contributed by atoms with Crippen LogP contribution in [0.25, 0.3) is 16.6 Å². The van der Waals surface area contributed by atoms with Gasteiger partial charge in [0.15, 0.2) is 0 Å². The first-order valence-corrected chi connectivity index (χ1v) is 10.3. The van der Waals surface area contributed by atoms with Crippen molar-refractivity contribution in [2.45, 2.75) is 31.0 Å². The molecule has 1 aliphatic carbocycles. The number of benzene rings is 2. The quantitative estimate of drug-likeness (QED) is 0.474. The molecule has 2 N–H and O–H groups in total. The summed E-state index contributed by atoms with van der Waals surface area (Å²) >= 11 is 0. The standard InChI is InChI=1S/C23H18F3N5O/c24-23(25,26)14-2-3-15-16(9-14)12-5-6-30(18(15)7-12)22(32)13-1-4-17-19(8-13)31-11-28-10-20(31)21(27)29-17/h1-4,8-12,18H,5-7H2,(H2,27,29). The zero-order chi connectivity index (χ0) is 22.2. The van der Waals surface area contributed by atoms with E-state index in [9.17, 15) is 18.0 Å². The molecule has 1 aliphatic heterocycles. The van der Waals surface area contributed by atoms with Gasteiger partial charge in [-0.15, -0.1) is 0 Å². The minimum Gasteiger partial charge on any atom is -0.382 e. The predicted octanol–water partition coefficient (Wildman–Crippen LogP) is 4.56. The number of hydrogen-bond acceptors (Lipinski definition) is 4. The van der Waals surface area contributed by atoms with Gasteiger partial charge in [-0.2, -0.15) is 13.2 Å². The van der Waals surface area contributed by atoms with E-state index in [-0.39, 0.29) is 17.9 Å². The molecule has 162 valence electrons. The van der Waals surface area contributed by atoms with E-state index < -0.39 is 11.7 Å². The number of nitrogens with two attached hydrogens (primary N) is 1. The van der Waals surface area contributed by atoms with Crippen LogP contribution in [0.5, 0.6) is 0 Å². The molecule has 0 saturated carbocycles. The molecule has 0 radical (unpaired) electrons. The van der Waals surface area contributed by atoms with Crippen molar-refractivity contribution in [2.24, 2.45) is 0 Å². The molecule has 2 atom stereocenters. The Morgan fingerprint density at radius 1 is 1.09 bits per heavy atom. The van der Waals surface area contributed by atoms with Crippen LogP contribution in [0.4, 0.5) is 19.0 Å². The van der Waals surface area contributed by atoms with E-state index >= 15 is 0 Å². The van der Waals surface area contributed by atoms with Crippen molar-refractivity contribution in [3.63, 3.8) is 0 Å². The Morgan fingerprint density at radius 2 is 1.94 bits per heavy atom. The molecule has 1 amide bonds. The predicted molar refractivity (Wildman–Crippen MR) is 112 cm³/mol. The molecule has 6 nitrogen and oxygen atoms in total. The summed E-state index contributed by atoms with van der Waals surface area (Å²) in [6.45, 7) is 0.503. The van der Waals surface area contributed by atoms with Crippen LogP contribution in [0.15, 0.2) is 48.9 Å². The summed E-state index contributed by atoms with van der Waals surface area (Å²) < 4.78 is 41.3. The second-order valence-corrected chi connectivity index (χ2v) is 8.43. The summed E-state index contributed by atoms with van der Waals surface area (Å²) in [5.74, 6) is 0.265. The third kappa shape index (κ3) is 2.70. The lowest BCUT2D eigenvalue weighted by Gasteiger charge is -2.34. The van der Waals surface area contributed by atoms with Crippen LogP contribution in [0.3, 0.4) is 0 Å². The highest BCUT2D eigenvalue weighted by atomic mass is 19.4. The lowest BCUT2D eigenvalue weighted by Crippen LogP contribution is -2.37. The minimum absolute atomic E-state index is 0.0516. The van der Waals surface area contributed by atoms with Gasteiger partial charge in [0.2, 0.25) is 0 Å². The first-order chi connectivity index (χ1) is 15.3. The number of carbonyl (C=O) groups is 1. The number of nitrogens with zero attached hydrogens (tertiary/aromatic N) is 4. The van der Waals surface area contributed by atoms with Gasteiger partial charge in [0.25, 0.3) is 5.91 Å². The highest BCUT2D eigenvalue weighted by Crippen LogP contribution is 2.50. The normalized spacial score (nSPS) is 20.2. The van der Waals surface area contributed by atoms with Gasteiger partial charge in [0, 0.05) is 12.1 Å². The Hall–Kier alpha value is -3.62. The fraction of sp³-hybridized carbons (Fsp3) is 0.261. The number of nitrogen functional groups attached to an aromatic ring is 1. The van der Waals surface area contributed by atoms with Gasteiger partial charge in [-0.05, 0) is 60.2 Å². The van der Waals surface area contributed by atoms with E-state index in [0.717, 1.165) is 17.2 Å². The van der Waals surface area contributed by atoms with Crippen LogP contribution in [-0.4, -0.2) is 31.7 Å². The molecular weight excluding hydrogens is 419 g/mol. The number of alkyl halides is 3. The number of amides is 1. The van der Waals surface area contributed by atoms with Gasteiger partial charge in [-0.1, -0.05) is 6.07 Å². The van der Waals surface area contributed by atoms with Gasteiger partial charge in [0.1, 0.15) is 11.3 Å². The van der Waals surface area contributed by atoms with Gasteiger partial charge in [0.05, 0.1) is 35.2 Å². The molecule has 32 heavy (non-hydrogen) atoms. The number of halogens is 3. The van der Waals surface area contributed by atoms with Crippen LogP contribution in [0.2, 0.25) is 0 Å². The summed E-state index contributed by atoms with van der Waals surface area (Å²) in [6, 6.07) is 8.94.